The minimum absolute atomic E-state index is 0.280. The third-order valence-electron chi connectivity index (χ3n) is 3.39. The van der Waals surface area contributed by atoms with Crippen LogP contribution in [-0.2, 0) is 4.74 Å². The molecule has 2 aromatic rings. The largest absolute Gasteiger partial charge is 0.462 e. The molecule has 0 fully saturated rings. The first-order valence-electron chi connectivity index (χ1n) is 7.43. The quantitative estimate of drug-likeness (QED) is 0.834. The minimum atomic E-state index is -0.463. The second kappa shape index (κ2) is 7.45. The molecule has 5 heteroatoms. The number of esters is 1. The molecule has 0 saturated heterocycles. The fourth-order valence-corrected chi connectivity index (χ4v) is 2.26. The Labute approximate surface area is 135 Å². The van der Waals surface area contributed by atoms with Crippen molar-refractivity contribution in [1.82, 2.24) is 0 Å². The van der Waals surface area contributed by atoms with Gasteiger partial charge in [-0.2, -0.15) is 0 Å². The number of benzene rings is 2. The molecule has 0 bridgehead atoms. The molecule has 5 nitrogen and oxygen atoms in total. The number of ether oxygens (including phenoxy) is 1. The highest BCUT2D eigenvalue weighted by molar-refractivity contribution is 6.05. The van der Waals surface area contributed by atoms with Crippen molar-refractivity contribution in [3.05, 3.63) is 59.2 Å². The summed E-state index contributed by atoms with van der Waals surface area (Å²) in [5.74, 6) is -0.463. The molecule has 0 unspecified atom stereocenters. The van der Waals surface area contributed by atoms with Crippen molar-refractivity contribution < 1.29 is 14.3 Å². The van der Waals surface area contributed by atoms with Crippen LogP contribution >= 0.6 is 0 Å². The van der Waals surface area contributed by atoms with E-state index in [1.807, 2.05) is 32.0 Å². The van der Waals surface area contributed by atoms with Gasteiger partial charge in [-0.15, -0.1) is 0 Å². The third kappa shape index (κ3) is 4.10. The van der Waals surface area contributed by atoms with Crippen molar-refractivity contribution in [1.29, 1.82) is 0 Å². The number of urea groups is 1. The molecule has 0 aliphatic carbocycles. The highest BCUT2D eigenvalue weighted by Crippen LogP contribution is 2.21. The molecule has 0 aromatic heterocycles. The predicted octanol–water partition coefficient (Wildman–Crippen LogP) is 4.12. The van der Waals surface area contributed by atoms with Crippen molar-refractivity contribution in [2.45, 2.75) is 20.8 Å². The Bertz CT molecular complexity index is 706. The summed E-state index contributed by atoms with van der Waals surface area (Å²) in [5.41, 5.74) is 3.44. The smallest absolute Gasteiger partial charge is 0.340 e. The summed E-state index contributed by atoms with van der Waals surface area (Å²) in [6, 6.07) is 12.1. The molecule has 0 radical (unpaired) electrons. The van der Waals surface area contributed by atoms with Crippen LogP contribution in [0.3, 0.4) is 0 Å². The number of hydrogen-bond donors (Lipinski definition) is 2. The first kappa shape index (κ1) is 16.5. The van der Waals surface area contributed by atoms with Crippen LogP contribution in [0.4, 0.5) is 16.2 Å². The summed E-state index contributed by atoms with van der Waals surface area (Å²) in [5, 5.41) is 5.52. The summed E-state index contributed by atoms with van der Waals surface area (Å²) >= 11 is 0. The van der Waals surface area contributed by atoms with E-state index in [9.17, 15) is 9.59 Å². The van der Waals surface area contributed by atoms with Crippen LogP contribution in [0.15, 0.2) is 42.5 Å². The molecule has 0 aliphatic heterocycles. The zero-order valence-corrected chi connectivity index (χ0v) is 13.5. The molecule has 2 rings (SSSR count). The first-order chi connectivity index (χ1) is 11.0. The summed E-state index contributed by atoms with van der Waals surface area (Å²) in [6.45, 7) is 5.87. The first-order valence-corrected chi connectivity index (χ1v) is 7.43. The number of nitrogens with one attached hydrogen (secondary N) is 2. The van der Waals surface area contributed by atoms with Gasteiger partial charge < -0.3 is 15.4 Å². The molecule has 0 heterocycles. The van der Waals surface area contributed by atoms with Crippen molar-refractivity contribution in [3.63, 3.8) is 0 Å². The molecule has 0 aliphatic rings. The van der Waals surface area contributed by atoms with Gasteiger partial charge >= 0.3 is 12.0 Å². The van der Waals surface area contributed by atoms with E-state index in [4.69, 9.17) is 4.74 Å². The van der Waals surface area contributed by atoms with Crippen molar-refractivity contribution in [2.24, 2.45) is 0 Å². The van der Waals surface area contributed by atoms with Crippen LogP contribution in [-0.4, -0.2) is 18.6 Å². The van der Waals surface area contributed by atoms with Crippen molar-refractivity contribution in [2.75, 3.05) is 17.2 Å². The zero-order chi connectivity index (χ0) is 16.8. The van der Waals surface area contributed by atoms with E-state index in [1.165, 1.54) is 0 Å². The summed E-state index contributed by atoms with van der Waals surface area (Å²) in [4.78, 5) is 24.2. The summed E-state index contributed by atoms with van der Waals surface area (Å²) in [6.07, 6.45) is 0. The highest BCUT2D eigenvalue weighted by atomic mass is 16.5. The maximum absolute atomic E-state index is 12.2. The molecule has 0 spiro atoms. The lowest BCUT2D eigenvalue weighted by Gasteiger charge is -2.14. The molecule has 23 heavy (non-hydrogen) atoms. The normalized spacial score (nSPS) is 10.0. The SMILES string of the molecule is CCOC(=O)c1ccccc1NC(=O)Nc1c(C)cccc1C. The topological polar surface area (TPSA) is 67.4 Å². The number of carbonyl (C=O) groups is 2. The number of rotatable bonds is 4. The predicted molar refractivity (Wildman–Crippen MR) is 91.0 cm³/mol. The van der Waals surface area contributed by atoms with E-state index in [0.717, 1.165) is 16.8 Å². The Morgan fingerprint density at radius 2 is 1.61 bits per heavy atom. The van der Waals surface area contributed by atoms with Gasteiger partial charge in [0.15, 0.2) is 0 Å². The van der Waals surface area contributed by atoms with Gasteiger partial charge in [-0.3, -0.25) is 0 Å². The molecule has 2 N–H and O–H groups in total. The number of anilines is 2. The Kier molecular flexibility index (Phi) is 5.36. The second-order valence-corrected chi connectivity index (χ2v) is 5.11. The van der Waals surface area contributed by atoms with Crippen molar-refractivity contribution in [3.8, 4) is 0 Å². The Morgan fingerprint density at radius 3 is 2.26 bits per heavy atom. The van der Waals surface area contributed by atoms with Gasteiger partial charge in [0.2, 0.25) is 0 Å². The van der Waals surface area contributed by atoms with Crippen LogP contribution in [0, 0.1) is 13.8 Å². The number of hydrogen-bond acceptors (Lipinski definition) is 3. The van der Waals surface area contributed by atoms with E-state index < -0.39 is 12.0 Å². The van der Waals surface area contributed by atoms with Gasteiger partial charge in [0.1, 0.15) is 0 Å². The molecule has 0 atom stereocenters. The van der Waals surface area contributed by atoms with Gasteiger partial charge in [0.05, 0.1) is 17.9 Å². The van der Waals surface area contributed by atoms with Crippen molar-refractivity contribution >= 4 is 23.4 Å². The fraction of sp³-hybridized carbons (Fsp3) is 0.222. The van der Waals surface area contributed by atoms with Gasteiger partial charge in [0, 0.05) is 5.69 Å². The maximum Gasteiger partial charge on any atom is 0.340 e. The number of carbonyl (C=O) groups excluding carboxylic acids is 2. The molecular weight excluding hydrogens is 292 g/mol. The maximum atomic E-state index is 12.2. The van der Waals surface area contributed by atoms with Gasteiger partial charge in [-0.25, -0.2) is 9.59 Å². The average molecular weight is 312 g/mol. The van der Waals surface area contributed by atoms with E-state index >= 15 is 0 Å². The van der Waals surface area contributed by atoms with Crippen LogP contribution in [0.5, 0.6) is 0 Å². The van der Waals surface area contributed by atoms with Crippen LogP contribution < -0.4 is 10.6 Å². The van der Waals surface area contributed by atoms with Gasteiger partial charge in [-0.05, 0) is 44.0 Å². The molecule has 2 aromatic carbocycles. The number of para-hydroxylation sites is 2. The van der Waals surface area contributed by atoms with Gasteiger partial charge in [-0.1, -0.05) is 30.3 Å². The molecule has 2 amide bonds. The lowest BCUT2D eigenvalue weighted by Crippen LogP contribution is -2.22. The summed E-state index contributed by atoms with van der Waals surface area (Å²) in [7, 11) is 0. The van der Waals surface area contributed by atoms with E-state index in [0.29, 0.717) is 11.3 Å². The standard InChI is InChI=1S/C18H20N2O3/c1-4-23-17(21)14-10-5-6-11-15(14)19-18(22)20-16-12(2)8-7-9-13(16)3/h5-11H,4H2,1-3H3,(H2,19,20,22). The monoisotopic (exact) mass is 312 g/mol. The van der Waals surface area contributed by atoms with Crippen LogP contribution in [0.2, 0.25) is 0 Å². The Balaban J connectivity index is 2.16. The summed E-state index contributed by atoms with van der Waals surface area (Å²) < 4.78 is 5.00. The fourth-order valence-electron chi connectivity index (χ4n) is 2.26. The number of aryl methyl sites for hydroxylation is 2. The zero-order valence-electron chi connectivity index (χ0n) is 13.5. The lowest BCUT2D eigenvalue weighted by atomic mass is 10.1. The Hall–Kier alpha value is -2.82. The lowest BCUT2D eigenvalue weighted by molar-refractivity contribution is 0.0527. The molecular formula is C18H20N2O3. The van der Waals surface area contributed by atoms with Crippen LogP contribution in [0.25, 0.3) is 0 Å². The third-order valence-corrected chi connectivity index (χ3v) is 3.39. The molecule has 0 saturated carbocycles. The average Bonchev–Trinajstić information content (AvgIpc) is 2.52. The molecule has 120 valence electrons. The van der Waals surface area contributed by atoms with E-state index in [2.05, 4.69) is 10.6 Å². The Morgan fingerprint density at radius 1 is 0.957 bits per heavy atom. The van der Waals surface area contributed by atoms with Gasteiger partial charge in [0.25, 0.3) is 0 Å². The van der Waals surface area contributed by atoms with Crippen LogP contribution in [0.1, 0.15) is 28.4 Å². The van der Waals surface area contributed by atoms with E-state index in [-0.39, 0.29) is 6.61 Å². The number of amides is 2. The van der Waals surface area contributed by atoms with E-state index in [1.54, 1.807) is 31.2 Å². The second-order valence-electron chi connectivity index (χ2n) is 5.11. The highest BCUT2D eigenvalue weighted by Gasteiger charge is 2.14. The minimum Gasteiger partial charge on any atom is -0.462 e.